The van der Waals surface area contributed by atoms with Gasteiger partial charge in [0.05, 0.1) is 6.04 Å². The SMILES string of the molecule is NCCCC[C@H](N)C(=O)N[C@@H](CS)C(=O)N[C@@H](Cc1c[nH]c2ccccc12)C(=O)O. The van der Waals surface area contributed by atoms with Crippen molar-refractivity contribution in [1.82, 2.24) is 15.6 Å². The van der Waals surface area contributed by atoms with Crippen molar-refractivity contribution >= 4 is 41.3 Å². The van der Waals surface area contributed by atoms with Gasteiger partial charge in [-0.2, -0.15) is 12.6 Å². The monoisotopic (exact) mass is 435 g/mol. The van der Waals surface area contributed by atoms with Gasteiger partial charge in [0.2, 0.25) is 11.8 Å². The minimum Gasteiger partial charge on any atom is -0.480 e. The zero-order valence-electron chi connectivity index (χ0n) is 16.6. The highest BCUT2D eigenvalue weighted by atomic mass is 32.1. The Hall–Kier alpha value is -2.56. The summed E-state index contributed by atoms with van der Waals surface area (Å²) in [5, 5.41) is 15.5. The average molecular weight is 436 g/mol. The number of hydrogen-bond donors (Lipinski definition) is 7. The van der Waals surface area contributed by atoms with Crippen molar-refractivity contribution in [1.29, 1.82) is 0 Å². The number of nitrogens with two attached hydrogens (primary N) is 2. The lowest BCUT2D eigenvalue weighted by atomic mass is 10.0. The predicted molar refractivity (Wildman–Crippen MR) is 118 cm³/mol. The fourth-order valence-corrected chi connectivity index (χ4v) is 3.36. The zero-order chi connectivity index (χ0) is 22.1. The Labute approximate surface area is 180 Å². The van der Waals surface area contributed by atoms with Gasteiger partial charge in [0, 0.05) is 29.3 Å². The first-order valence-electron chi connectivity index (χ1n) is 9.82. The van der Waals surface area contributed by atoms with E-state index in [-0.39, 0.29) is 12.2 Å². The minimum absolute atomic E-state index is 0.00647. The Balaban J connectivity index is 2.00. The molecule has 0 bridgehead atoms. The van der Waals surface area contributed by atoms with E-state index in [0.717, 1.165) is 22.9 Å². The van der Waals surface area contributed by atoms with Crippen LogP contribution in [0.1, 0.15) is 24.8 Å². The minimum atomic E-state index is -1.17. The second kappa shape index (κ2) is 11.6. The molecule has 2 aromatic rings. The molecule has 3 atom stereocenters. The Morgan fingerprint density at radius 2 is 1.80 bits per heavy atom. The number of rotatable bonds is 12. The fraction of sp³-hybridized carbons (Fsp3) is 0.450. The molecule has 0 aliphatic carbocycles. The molecule has 30 heavy (non-hydrogen) atoms. The maximum absolute atomic E-state index is 12.6. The highest BCUT2D eigenvalue weighted by molar-refractivity contribution is 7.80. The Kier molecular flexibility index (Phi) is 9.15. The normalized spacial score (nSPS) is 14.1. The van der Waals surface area contributed by atoms with E-state index < -0.39 is 35.9 Å². The first kappa shape index (κ1) is 23.7. The van der Waals surface area contributed by atoms with Crippen LogP contribution in [0, 0.1) is 0 Å². The number of unbranched alkanes of at least 4 members (excludes halogenated alkanes) is 1. The van der Waals surface area contributed by atoms with E-state index in [2.05, 4.69) is 28.2 Å². The summed E-state index contributed by atoms with van der Waals surface area (Å²) in [7, 11) is 0. The third-order valence-corrected chi connectivity index (χ3v) is 5.20. The number of carboxylic acids is 1. The van der Waals surface area contributed by atoms with E-state index in [1.807, 2.05) is 24.3 Å². The van der Waals surface area contributed by atoms with Gasteiger partial charge in [-0.05, 0) is 31.0 Å². The van der Waals surface area contributed by atoms with Crippen molar-refractivity contribution in [2.75, 3.05) is 12.3 Å². The summed E-state index contributed by atoms with van der Waals surface area (Å²) < 4.78 is 0. The first-order valence-corrected chi connectivity index (χ1v) is 10.5. The third-order valence-electron chi connectivity index (χ3n) is 4.84. The van der Waals surface area contributed by atoms with Crippen LogP contribution in [-0.4, -0.2) is 58.3 Å². The lowest BCUT2D eigenvalue weighted by Gasteiger charge is -2.21. The number of carbonyl (C=O) groups is 3. The maximum Gasteiger partial charge on any atom is 0.326 e. The summed E-state index contributed by atoms with van der Waals surface area (Å²) in [4.78, 5) is 39.6. The summed E-state index contributed by atoms with van der Waals surface area (Å²) in [5.74, 6) is -2.27. The third kappa shape index (κ3) is 6.48. The molecule has 0 saturated carbocycles. The van der Waals surface area contributed by atoms with Gasteiger partial charge < -0.3 is 32.2 Å². The van der Waals surface area contributed by atoms with Crippen molar-refractivity contribution in [3.8, 4) is 0 Å². The Morgan fingerprint density at radius 1 is 1.10 bits per heavy atom. The fourth-order valence-electron chi connectivity index (χ4n) is 3.11. The lowest BCUT2D eigenvalue weighted by molar-refractivity contribution is -0.142. The van der Waals surface area contributed by atoms with E-state index in [9.17, 15) is 19.5 Å². The number of nitrogens with one attached hydrogen (secondary N) is 3. The molecule has 0 radical (unpaired) electrons. The van der Waals surface area contributed by atoms with Gasteiger partial charge in [-0.3, -0.25) is 9.59 Å². The number of carbonyl (C=O) groups excluding carboxylic acids is 2. The van der Waals surface area contributed by atoms with Crippen LogP contribution < -0.4 is 22.1 Å². The average Bonchev–Trinajstić information content (AvgIpc) is 3.14. The van der Waals surface area contributed by atoms with Gasteiger partial charge in [0.25, 0.3) is 0 Å². The largest absolute Gasteiger partial charge is 0.480 e. The highest BCUT2D eigenvalue weighted by Crippen LogP contribution is 2.19. The number of aromatic nitrogens is 1. The number of aromatic amines is 1. The molecule has 2 amide bonds. The number of aliphatic carboxylic acids is 1. The lowest BCUT2D eigenvalue weighted by Crippen LogP contribution is -2.55. The van der Waals surface area contributed by atoms with Crippen LogP contribution in [0.25, 0.3) is 10.9 Å². The predicted octanol–water partition coefficient (Wildman–Crippen LogP) is 0.151. The first-order chi connectivity index (χ1) is 14.4. The topological polar surface area (TPSA) is 163 Å². The van der Waals surface area contributed by atoms with Crippen LogP contribution in [0.4, 0.5) is 0 Å². The number of para-hydroxylation sites is 1. The van der Waals surface area contributed by atoms with Gasteiger partial charge in [0.1, 0.15) is 12.1 Å². The Morgan fingerprint density at radius 3 is 2.47 bits per heavy atom. The Bertz CT molecular complexity index is 872. The van der Waals surface area contributed by atoms with Gasteiger partial charge >= 0.3 is 5.97 Å². The zero-order valence-corrected chi connectivity index (χ0v) is 17.5. The summed E-state index contributed by atoms with van der Waals surface area (Å²) in [6.45, 7) is 0.517. The molecule has 1 aromatic heterocycles. The van der Waals surface area contributed by atoms with E-state index >= 15 is 0 Å². The molecular formula is C20H29N5O4S. The molecule has 0 saturated heterocycles. The van der Waals surface area contributed by atoms with Crippen LogP contribution in [0.5, 0.6) is 0 Å². The standard InChI is InChI=1S/C20H29N5O4S/c21-8-4-3-6-14(22)18(26)25-17(11-30)19(27)24-16(20(28)29)9-12-10-23-15-7-2-1-5-13(12)15/h1-2,5,7,10,14,16-17,23,30H,3-4,6,8-9,11,21-22H2,(H,24,27)(H,25,26)(H,28,29)/t14-,16-,17-/m0/s1. The molecule has 1 heterocycles. The number of carboxylic acid groups (broad SMARTS) is 1. The molecule has 0 aliphatic rings. The number of fused-ring (bicyclic) bond motifs is 1. The molecule has 0 unspecified atom stereocenters. The van der Waals surface area contributed by atoms with Crippen LogP contribution >= 0.6 is 12.6 Å². The molecule has 1 aromatic carbocycles. The molecule has 0 fully saturated rings. The number of amides is 2. The smallest absolute Gasteiger partial charge is 0.326 e. The van der Waals surface area contributed by atoms with E-state index in [1.165, 1.54) is 0 Å². The van der Waals surface area contributed by atoms with Crippen molar-refractivity contribution < 1.29 is 19.5 Å². The van der Waals surface area contributed by atoms with Gasteiger partial charge in [-0.1, -0.05) is 24.6 Å². The van der Waals surface area contributed by atoms with Crippen LogP contribution in [0.2, 0.25) is 0 Å². The molecule has 8 N–H and O–H groups in total. The molecule has 164 valence electrons. The van der Waals surface area contributed by atoms with Crippen molar-refractivity contribution in [3.05, 3.63) is 36.0 Å². The van der Waals surface area contributed by atoms with Gasteiger partial charge in [0.15, 0.2) is 0 Å². The highest BCUT2D eigenvalue weighted by Gasteiger charge is 2.27. The van der Waals surface area contributed by atoms with E-state index in [4.69, 9.17) is 11.5 Å². The van der Waals surface area contributed by atoms with Crippen LogP contribution in [0.3, 0.4) is 0 Å². The number of hydrogen-bond acceptors (Lipinski definition) is 6. The summed E-state index contributed by atoms with van der Waals surface area (Å²) >= 11 is 4.11. The van der Waals surface area contributed by atoms with Crippen LogP contribution in [0.15, 0.2) is 30.5 Å². The van der Waals surface area contributed by atoms with E-state index in [0.29, 0.717) is 19.4 Å². The summed E-state index contributed by atoms with van der Waals surface area (Å²) in [5.41, 5.74) is 12.9. The molecule has 0 aliphatic heterocycles. The maximum atomic E-state index is 12.6. The second-order valence-electron chi connectivity index (χ2n) is 7.10. The van der Waals surface area contributed by atoms with E-state index in [1.54, 1.807) is 6.20 Å². The summed E-state index contributed by atoms with van der Waals surface area (Å²) in [6.07, 6.45) is 3.73. The molecular weight excluding hydrogens is 406 g/mol. The molecule has 10 heteroatoms. The van der Waals surface area contributed by atoms with Crippen molar-refractivity contribution in [2.24, 2.45) is 11.5 Å². The molecule has 9 nitrogen and oxygen atoms in total. The summed E-state index contributed by atoms with van der Waals surface area (Å²) in [6, 6.07) is 4.58. The second-order valence-corrected chi connectivity index (χ2v) is 7.46. The molecule has 2 rings (SSSR count). The van der Waals surface area contributed by atoms with Crippen molar-refractivity contribution in [3.63, 3.8) is 0 Å². The van der Waals surface area contributed by atoms with Crippen molar-refractivity contribution in [2.45, 2.75) is 43.8 Å². The van der Waals surface area contributed by atoms with Crippen LogP contribution in [-0.2, 0) is 20.8 Å². The number of H-pyrrole nitrogens is 1. The van der Waals surface area contributed by atoms with Gasteiger partial charge in [-0.15, -0.1) is 0 Å². The van der Waals surface area contributed by atoms with Gasteiger partial charge in [-0.25, -0.2) is 4.79 Å². The number of thiol groups is 1. The number of benzene rings is 1. The quantitative estimate of drug-likeness (QED) is 0.185. The molecule has 0 spiro atoms.